The molecular formula is C46H69N5O11. The zero-order valence-electron chi connectivity index (χ0n) is 38.3. The van der Waals surface area contributed by atoms with E-state index in [2.05, 4.69) is 15.3 Å². The van der Waals surface area contributed by atoms with Crippen LogP contribution < -0.4 is 5.32 Å². The van der Waals surface area contributed by atoms with Crippen LogP contribution in [-0.4, -0.2) is 143 Å². The highest BCUT2D eigenvalue weighted by Gasteiger charge is 2.60. The number of ketones is 1. The van der Waals surface area contributed by atoms with Gasteiger partial charge in [0.05, 0.1) is 36.2 Å². The van der Waals surface area contributed by atoms with Gasteiger partial charge in [0.25, 0.3) is 0 Å². The maximum atomic E-state index is 14.9. The number of nitrogens with zero attached hydrogens (tertiary/aromatic N) is 4. The van der Waals surface area contributed by atoms with Crippen LogP contribution in [0.2, 0.25) is 0 Å². The number of aromatic nitrogens is 2. The minimum Gasteiger partial charge on any atom is -0.461 e. The Balaban J connectivity index is 1.57. The van der Waals surface area contributed by atoms with Gasteiger partial charge in [-0.3, -0.25) is 24.3 Å². The molecule has 3 saturated heterocycles. The monoisotopic (exact) mass is 867 g/mol. The van der Waals surface area contributed by atoms with Gasteiger partial charge in [0, 0.05) is 68.5 Å². The number of carbonyl (C=O) groups excluding carboxylic acids is 4. The van der Waals surface area contributed by atoms with Gasteiger partial charge >= 0.3 is 18.0 Å². The Morgan fingerprint density at radius 1 is 1.02 bits per heavy atom. The highest BCUT2D eigenvalue weighted by molar-refractivity contribution is 5.85. The Hall–Kier alpha value is -4.22. The van der Waals surface area contributed by atoms with Gasteiger partial charge in [-0.05, 0) is 85.3 Å². The molecule has 5 rings (SSSR count). The van der Waals surface area contributed by atoms with E-state index in [-0.39, 0.29) is 43.7 Å². The molecule has 1 unspecified atom stereocenters. The molecule has 0 bridgehead atoms. The number of Topliss-reactive ketones (excluding diaryl/α,β-unsaturated/α-hetero) is 1. The summed E-state index contributed by atoms with van der Waals surface area (Å²) in [4.78, 5) is 69.4. The number of esters is 2. The average Bonchev–Trinajstić information content (AvgIpc) is 3.51. The number of anilines is 1. The third kappa shape index (κ3) is 10.9. The number of methoxy groups -OCH3 is 1. The van der Waals surface area contributed by atoms with Crippen LogP contribution in [0.3, 0.4) is 0 Å². The quantitative estimate of drug-likeness (QED) is 0.201. The second-order valence-electron chi connectivity index (χ2n) is 18.0. The van der Waals surface area contributed by atoms with Crippen molar-refractivity contribution in [3.05, 3.63) is 54.5 Å². The van der Waals surface area contributed by atoms with Crippen molar-refractivity contribution in [2.24, 2.45) is 23.7 Å². The molecule has 1 amide bonds. The van der Waals surface area contributed by atoms with E-state index in [1.54, 1.807) is 52.2 Å². The summed E-state index contributed by atoms with van der Waals surface area (Å²) in [6.07, 6.45) is -1.80. The van der Waals surface area contributed by atoms with Crippen molar-refractivity contribution < 1.29 is 52.7 Å². The van der Waals surface area contributed by atoms with Gasteiger partial charge in [-0.2, -0.15) is 0 Å². The molecule has 3 aliphatic heterocycles. The molecule has 5 heterocycles. The lowest BCUT2D eigenvalue weighted by atomic mass is 9.73. The van der Waals surface area contributed by atoms with Crippen LogP contribution in [0, 0.1) is 23.7 Å². The van der Waals surface area contributed by atoms with E-state index in [1.165, 1.54) is 12.0 Å². The first kappa shape index (κ1) is 48.8. The normalized spacial score (nSPS) is 36.0. The molecular weight excluding hydrogens is 799 g/mol. The Labute approximate surface area is 366 Å². The lowest BCUT2D eigenvalue weighted by Crippen LogP contribution is -2.61. The summed E-state index contributed by atoms with van der Waals surface area (Å²) in [6.45, 7) is 14.8. The summed E-state index contributed by atoms with van der Waals surface area (Å²) < 4.78 is 38.4. The summed E-state index contributed by atoms with van der Waals surface area (Å²) in [5, 5.41) is 14.9. The molecule has 344 valence electrons. The molecule has 2 N–H and O–H groups in total. The summed E-state index contributed by atoms with van der Waals surface area (Å²) >= 11 is 0. The molecule has 2 aromatic heterocycles. The molecule has 62 heavy (non-hydrogen) atoms. The lowest BCUT2D eigenvalue weighted by Gasteiger charge is -2.48. The number of amides is 1. The number of fused-ring (bicyclic) bond motifs is 1. The largest absolute Gasteiger partial charge is 0.461 e. The van der Waals surface area contributed by atoms with E-state index in [9.17, 15) is 24.3 Å². The molecule has 0 aliphatic carbocycles. The summed E-state index contributed by atoms with van der Waals surface area (Å²) in [5.41, 5.74) is -2.04. The zero-order valence-corrected chi connectivity index (χ0v) is 38.3. The Bertz CT molecular complexity index is 1810. The second-order valence-corrected chi connectivity index (χ2v) is 18.0. The van der Waals surface area contributed by atoms with Gasteiger partial charge in [-0.1, -0.05) is 39.8 Å². The zero-order chi connectivity index (χ0) is 45.5. The number of hydrogen-bond acceptors (Lipinski definition) is 15. The van der Waals surface area contributed by atoms with Crippen LogP contribution in [-0.2, 0) is 49.2 Å². The number of nitrogens with one attached hydrogen (secondary N) is 1. The second kappa shape index (κ2) is 21.0. The van der Waals surface area contributed by atoms with Gasteiger partial charge in [0.1, 0.15) is 29.9 Å². The molecule has 0 radical (unpaired) electrons. The van der Waals surface area contributed by atoms with Crippen molar-refractivity contribution in [2.45, 2.75) is 148 Å². The number of likely N-dealkylation sites (N-methyl/N-ethyl adjacent to an activating group) is 1. The summed E-state index contributed by atoms with van der Waals surface area (Å²) in [7, 11) is 5.28. The predicted octanol–water partition coefficient (Wildman–Crippen LogP) is 5.07. The number of aryl methyl sites for hydroxylation is 1. The van der Waals surface area contributed by atoms with E-state index in [4.69, 9.17) is 28.4 Å². The van der Waals surface area contributed by atoms with E-state index < -0.39 is 89.7 Å². The molecule has 0 aromatic carbocycles. The van der Waals surface area contributed by atoms with E-state index in [1.807, 2.05) is 71.0 Å². The van der Waals surface area contributed by atoms with Crippen molar-refractivity contribution in [3.63, 3.8) is 0 Å². The summed E-state index contributed by atoms with van der Waals surface area (Å²) in [5.74, 6) is -4.16. The first-order valence-electron chi connectivity index (χ1n) is 22.0. The minimum absolute atomic E-state index is 0.0245. The number of carbonyl (C=O) groups is 4. The molecule has 0 spiro atoms. The van der Waals surface area contributed by atoms with Crippen LogP contribution in [0.5, 0.6) is 0 Å². The number of aliphatic hydroxyl groups excluding tert-OH is 1. The molecule has 16 heteroatoms. The molecule has 14 atom stereocenters. The molecule has 2 aromatic rings. The molecule has 0 saturated carbocycles. The van der Waals surface area contributed by atoms with Crippen LogP contribution in [0.4, 0.5) is 10.6 Å². The third-order valence-electron chi connectivity index (χ3n) is 13.2. The van der Waals surface area contributed by atoms with Gasteiger partial charge < -0.3 is 43.7 Å². The average molecular weight is 868 g/mol. The van der Waals surface area contributed by atoms with E-state index in [0.717, 1.165) is 0 Å². The van der Waals surface area contributed by atoms with Gasteiger partial charge in [0.2, 0.25) is 0 Å². The van der Waals surface area contributed by atoms with Crippen molar-refractivity contribution in [1.82, 2.24) is 19.8 Å². The fourth-order valence-corrected chi connectivity index (χ4v) is 9.82. The SMILES string of the molecule is CC[C@@H]1OC(=O)[C@H](C)[C@H](OC(=O)CCc2ccccn2)[C@@H](C)[C@@H](OC2O[C@H](C)C[C@H](N(C)C)[C@H]2O)[C@](C)(OC)C[C@@H](C)C(=O)[C@@H](C)[C@@H]2N(CCNc3ccccn3)C(=O)O[C@]12C. The van der Waals surface area contributed by atoms with Crippen LogP contribution >= 0.6 is 0 Å². The number of hydrogen-bond donors (Lipinski definition) is 2. The highest BCUT2D eigenvalue weighted by Crippen LogP contribution is 2.44. The Morgan fingerprint density at radius 3 is 2.32 bits per heavy atom. The Morgan fingerprint density at radius 2 is 1.71 bits per heavy atom. The molecule has 3 fully saturated rings. The number of rotatable bonds is 13. The van der Waals surface area contributed by atoms with E-state index in [0.29, 0.717) is 30.9 Å². The first-order valence-corrected chi connectivity index (χ1v) is 22.0. The van der Waals surface area contributed by atoms with Gasteiger partial charge in [-0.25, -0.2) is 9.78 Å². The number of ether oxygens (including phenoxy) is 6. The third-order valence-corrected chi connectivity index (χ3v) is 13.2. The van der Waals surface area contributed by atoms with Crippen molar-refractivity contribution in [3.8, 4) is 0 Å². The highest BCUT2D eigenvalue weighted by atomic mass is 16.7. The number of cyclic esters (lactones) is 1. The van der Waals surface area contributed by atoms with Crippen LogP contribution in [0.1, 0.15) is 86.8 Å². The standard InChI is InChI=1S/C46H69N5O11/c1-12-34-46(8)40(51(44(56)62-46)24-23-49-35-18-14-16-22-48-35)29(4)37(53)27(2)26-45(7,57-11)41(61-43-38(54)33(50(9)10)25-28(3)58-43)30(5)39(31(6)42(55)59-34)60-36(52)20-19-32-17-13-15-21-47-32/h13-18,21-22,27-31,33-34,38-41,43,54H,12,19-20,23-26H2,1-11H3,(H,48,49)/t27-,28-,29-,30-,31-,33+,34+,38-,39-,40+,41-,43?,45-,46-/m1/s1. The van der Waals surface area contributed by atoms with Crippen LogP contribution in [0.15, 0.2) is 48.8 Å². The van der Waals surface area contributed by atoms with Crippen molar-refractivity contribution in [2.75, 3.05) is 39.6 Å². The number of aliphatic hydroxyl groups is 1. The smallest absolute Gasteiger partial charge is 0.410 e. The minimum atomic E-state index is -1.45. The lowest BCUT2D eigenvalue weighted by molar-refractivity contribution is -0.301. The Kier molecular flexibility index (Phi) is 16.5. The van der Waals surface area contributed by atoms with Gasteiger partial charge in [0.15, 0.2) is 11.9 Å². The van der Waals surface area contributed by atoms with Crippen LogP contribution in [0.25, 0.3) is 0 Å². The summed E-state index contributed by atoms with van der Waals surface area (Å²) in [6, 6.07) is 9.76. The maximum Gasteiger partial charge on any atom is 0.410 e. The van der Waals surface area contributed by atoms with Gasteiger partial charge in [-0.15, -0.1) is 0 Å². The predicted molar refractivity (Wildman–Crippen MR) is 230 cm³/mol. The fraction of sp³-hybridized carbons (Fsp3) is 0.696. The van der Waals surface area contributed by atoms with Crippen molar-refractivity contribution >= 4 is 29.6 Å². The first-order chi connectivity index (χ1) is 29.3. The maximum absolute atomic E-state index is 14.9. The molecule has 3 aliphatic rings. The van der Waals surface area contributed by atoms with E-state index >= 15 is 0 Å². The molecule has 16 nitrogen and oxygen atoms in total. The van der Waals surface area contributed by atoms with Crippen molar-refractivity contribution in [1.29, 1.82) is 0 Å². The topological polar surface area (TPSA) is 188 Å². The number of pyridine rings is 2. The fourth-order valence-electron chi connectivity index (χ4n) is 9.82.